The summed E-state index contributed by atoms with van der Waals surface area (Å²) in [6.07, 6.45) is 3.28. The lowest BCUT2D eigenvalue weighted by molar-refractivity contribution is 0.0322. The number of hydrogen-bond donors (Lipinski definition) is 2. The van der Waals surface area contributed by atoms with Crippen LogP contribution in [-0.2, 0) is 6.54 Å². The first kappa shape index (κ1) is 13.9. The molecule has 1 aromatic heterocycles. The van der Waals surface area contributed by atoms with Crippen LogP contribution in [0.15, 0.2) is 30.5 Å². The van der Waals surface area contributed by atoms with Crippen LogP contribution >= 0.6 is 0 Å². The number of fused-ring (bicyclic) bond motifs is 1. The SMILES string of the molecule is CCC(O)(CC)CNCc1cnc2ccccc2n1. The Labute approximate surface area is 113 Å². The van der Waals surface area contributed by atoms with Gasteiger partial charge in [0.15, 0.2) is 0 Å². The summed E-state index contributed by atoms with van der Waals surface area (Å²) >= 11 is 0. The van der Waals surface area contributed by atoms with Gasteiger partial charge in [-0.2, -0.15) is 0 Å². The third kappa shape index (κ3) is 3.49. The van der Waals surface area contributed by atoms with E-state index in [1.54, 1.807) is 6.20 Å². The molecule has 0 saturated carbocycles. The van der Waals surface area contributed by atoms with E-state index < -0.39 is 5.60 Å². The van der Waals surface area contributed by atoms with E-state index >= 15 is 0 Å². The fourth-order valence-electron chi connectivity index (χ4n) is 2.00. The fourth-order valence-corrected chi connectivity index (χ4v) is 2.00. The molecule has 0 aliphatic rings. The number of nitrogens with one attached hydrogen (secondary N) is 1. The zero-order chi connectivity index (χ0) is 13.7. The molecule has 0 saturated heterocycles. The van der Waals surface area contributed by atoms with Crippen molar-refractivity contribution in [3.8, 4) is 0 Å². The van der Waals surface area contributed by atoms with Gasteiger partial charge in [-0.25, -0.2) is 4.98 Å². The Morgan fingerprint density at radius 1 is 1.16 bits per heavy atom. The second-order valence-electron chi connectivity index (χ2n) is 4.89. The average molecular weight is 259 g/mol. The zero-order valence-corrected chi connectivity index (χ0v) is 11.6. The predicted octanol–water partition coefficient (Wildman–Crippen LogP) is 2.27. The van der Waals surface area contributed by atoms with Gasteiger partial charge in [0, 0.05) is 13.1 Å². The van der Waals surface area contributed by atoms with Gasteiger partial charge in [0.2, 0.25) is 0 Å². The summed E-state index contributed by atoms with van der Waals surface area (Å²) in [5.41, 5.74) is 2.09. The highest BCUT2D eigenvalue weighted by atomic mass is 16.3. The predicted molar refractivity (Wildman–Crippen MR) is 76.8 cm³/mol. The van der Waals surface area contributed by atoms with Gasteiger partial charge < -0.3 is 10.4 Å². The van der Waals surface area contributed by atoms with Crippen LogP contribution in [0, 0.1) is 0 Å². The molecule has 0 amide bonds. The maximum atomic E-state index is 10.2. The van der Waals surface area contributed by atoms with Crippen molar-refractivity contribution in [2.45, 2.75) is 38.8 Å². The topological polar surface area (TPSA) is 58.0 Å². The summed E-state index contributed by atoms with van der Waals surface area (Å²) in [7, 11) is 0. The highest BCUT2D eigenvalue weighted by Crippen LogP contribution is 2.13. The maximum Gasteiger partial charge on any atom is 0.0890 e. The first-order valence-corrected chi connectivity index (χ1v) is 6.80. The van der Waals surface area contributed by atoms with Gasteiger partial charge in [0.05, 0.1) is 28.5 Å². The maximum absolute atomic E-state index is 10.2. The lowest BCUT2D eigenvalue weighted by Gasteiger charge is -2.25. The van der Waals surface area contributed by atoms with Crippen LogP contribution in [-0.4, -0.2) is 27.2 Å². The number of para-hydroxylation sites is 2. The van der Waals surface area contributed by atoms with E-state index in [2.05, 4.69) is 15.3 Å². The number of nitrogens with zero attached hydrogens (tertiary/aromatic N) is 2. The molecule has 2 N–H and O–H groups in total. The highest BCUT2D eigenvalue weighted by Gasteiger charge is 2.21. The molecule has 0 aliphatic carbocycles. The van der Waals surface area contributed by atoms with Gasteiger partial charge in [0.25, 0.3) is 0 Å². The van der Waals surface area contributed by atoms with Crippen molar-refractivity contribution < 1.29 is 5.11 Å². The van der Waals surface area contributed by atoms with Gasteiger partial charge in [-0.05, 0) is 25.0 Å². The molecule has 0 fully saturated rings. The average Bonchev–Trinajstić information content (AvgIpc) is 2.47. The van der Waals surface area contributed by atoms with Gasteiger partial charge in [-0.15, -0.1) is 0 Å². The molecule has 1 heterocycles. The van der Waals surface area contributed by atoms with Gasteiger partial charge in [0.1, 0.15) is 0 Å². The van der Waals surface area contributed by atoms with Crippen molar-refractivity contribution in [3.05, 3.63) is 36.2 Å². The number of aromatic nitrogens is 2. The molecule has 19 heavy (non-hydrogen) atoms. The fraction of sp³-hybridized carbons (Fsp3) is 0.467. The van der Waals surface area contributed by atoms with E-state index in [1.165, 1.54) is 0 Å². The molecular formula is C15H21N3O. The molecule has 0 spiro atoms. The van der Waals surface area contributed by atoms with Gasteiger partial charge >= 0.3 is 0 Å². The van der Waals surface area contributed by atoms with Crippen molar-refractivity contribution in [1.82, 2.24) is 15.3 Å². The van der Waals surface area contributed by atoms with E-state index in [1.807, 2.05) is 38.1 Å². The highest BCUT2D eigenvalue weighted by molar-refractivity contribution is 5.73. The largest absolute Gasteiger partial charge is 0.389 e. The minimum atomic E-state index is -0.621. The van der Waals surface area contributed by atoms with Crippen LogP contribution in [0.1, 0.15) is 32.4 Å². The second kappa shape index (κ2) is 6.08. The molecule has 0 aliphatic heterocycles. The van der Waals surface area contributed by atoms with Gasteiger partial charge in [-0.1, -0.05) is 26.0 Å². The third-order valence-electron chi connectivity index (χ3n) is 3.57. The van der Waals surface area contributed by atoms with Crippen LogP contribution in [0.3, 0.4) is 0 Å². The van der Waals surface area contributed by atoms with Crippen molar-refractivity contribution in [2.24, 2.45) is 0 Å². The molecule has 102 valence electrons. The standard InChI is InChI=1S/C15H21N3O/c1-3-15(19,4-2)11-16-9-12-10-17-13-7-5-6-8-14(13)18-12/h5-8,10,16,19H,3-4,9,11H2,1-2H3. The number of benzene rings is 1. The lowest BCUT2D eigenvalue weighted by Crippen LogP contribution is -2.39. The van der Waals surface area contributed by atoms with Crippen LogP contribution in [0.2, 0.25) is 0 Å². The van der Waals surface area contributed by atoms with Gasteiger partial charge in [-0.3, -0.25) is 4.98 Å². The van der Waals surface area contributed by atoms with Crippen LogP contribution in [0.25, 0.3) is 11.0 Å². The summed E-state index contributed by atoms with van der Waals surface area (Å²) in [5, 5.41) is 13.4. The van der Waals surface area contributed by atoms with E-state index in [0.29, 0.717) is 13.1 Å². The Morgan fingerprint density at radius 2 is 1.84 bits per heavy atom. The molecule has 2 aromatic rings. The minimum absolute atomic E-state index is 0.578. The Hall–Kier alpha value is -1.52. The van der Waals surface area contributed by atoms with Crippen molar-refractivity contribution >= 4 is 11.0 Å². The Balaban J connectivity index is 1.98. The molecule has 4 heteroatoms. The van der Waals surface area contributed by atoms with Crippen molar-refractivity contribution in [3.63, 3.8) is 0 Å². The Kier molecular flexibility index (Phi) is 4.45. The summed E-state index contributed by atoms with van der Waals surface area (Å²) in [4.78, 5) is 8.91. The summed E-state index contributed by atoms with van der Waals surface area (Å²) in [5.74, 6) is 0. The quantitative estimate of drug-likeness (QED) is 0.835. The molecule has 1 aromatic carbocycles. The Morgan fingerprint density at radius 3 is 2.53 bits per heavy atom. The monoisotopic (exact) mass is 259 g/mol. The third-order valence-corrected chi connectivity index (χ3v) is 3.57. The lowest BCUT2D eigenvalue weighted by atomic mass is 9.98. The first-order chi connectivity index (χ1) is 9.17. The first-order valence-electron chi connectivity index (χ1n) is 6.80. The summed E-state index contributed by atoms with van der Waals surface area (Å²) in [6, 6.07) is 7.82. The van der Waals surface area contributed by atoms with E-state index in [4.69, 9.17) is 0 Å². The minimum Gasteiger partial charge on any atom is -0.389 e. The smallest absolute Gasteiger partial charge is 0.0890 e. The van der Waals surface area contributed by atoms with Crippen molar-refractivity contribution in [1.29, 1.82) is 0 Å². The molecule has 4 nitrogen and oxygen atoms in total. The second-order valence-corrected chi connectivity index (χ2v) is 4.89. The number of aliphatic hydroxyl groups is 1. The van der Waals surface area contributed by atoms with Crippen molar-refractivity contribution in [2.75, 3.05) is 6.54 Å². The van der Waals surface area contributed by atoms with Crippen LogP contribution < -0.4 is 5.32 Å². The summed E-state index contributed by atoms with van der Waals surface area (Å²) in [6.45, 7) is 5.21. The molecule has 0 unspecified atom stereocenters. The zero-order valence-electron chi connectivity index (χ0n) is 11.6. The molecule has 0 bridgehead atoms. The molecule has 0 atom stereocenters. The van der Waals surface area contributed by atoms with E-state index in [0.717, 1.165) is 29.6 Å². The Bertz CT molecular complexity index is 538. The van der Waals surface area contributed by atoms with Crippen LogP contribution in [0.5, 0.6) is 0 Å². The van der Waals surface area contributed by atoms with E-state index in [9.17, 15) is 5.11 Å². The number of hydrogen-bond acceptors (Lipinski definition) is 4. The number of rotatable bonds is 6. The van der Waals surface area contributed by atoms with E-state index in [-0.39, 0.29) is 0 Å². The normalized spacial score (nSPS) is 11.9. The molecule has 2 rings (SSSR count). The molecule has 0 radical (unpaired) electrons. The van der Waals surface area contributed by atoms with Crippen LogP contribution in [0.4, 0.5) is 0 Å². The molecular weight excluding hydrogens is 238 g/mol. The summed E-state index contributed by atoms with van der Waals surface area (Å²) < 4.78 is 0.